The van der Waals surface area contributed by atoms with Gasteiger partial charge in [0.1, 0.15) is 6.04 Å². The molecule has 0 radical (unpaired) electrons. The maximum atomic E-state index is 3.97. The fourth-order valence-electron chi connectivity index (χ4n) is 1.14. The van der Waals surface area contributed by atoms with Crippen molar-refractivity contribution in [3.8, 4) is 0 Å². The molecular weight excluding hydrogens is 122 g/mol. The van der Waals surface area contributed by atoms with Crippen LogP contribution in [0.3, 0.4) is 0 Å². The molecule has 1 nitrogen and oxygen atoms in total. The fraction of sp³-hybridized carbons (Fsp3) is 0.333. The molecule has 1 rings (SSSR count). The van der Waals surface area contributed by atoms with Gasteiger partial charge in [0, 0.05) is 5.56 Å². The van der Waals surface area contributed by atoms with Crippen LogP contribution in [0.2, 0.25) is 0 Å². The minimum Gasteiger partial charge on any atom is -0.352 e. The summed E-state index contributed by atoms with van der Waals surface area (Å²) < 4.78 is 0. The molecule has 0 spiro atoms. The highest BCUT2D eigenvalue weighted by molar-refractivity contribution is 5.26. The predicted molar refractivity (Wildman–Crippen MR) is 42.5 cm³/mol. The Morgan fingerprint density at radius 3 is 2.30 bits per heavy atom. The number of hydrogen-bond donors (Lipinski definition) is 1. The summed E-state index contributed by atoms with van der Waals surface area (Å²) in [6.07, 6.45) is 0. The first-order chi connectivity index (χ1) is 4.72. The van der Waals surface area contributed by atoms with Crippen molar-refractivity contribution in [3.63, 3.8) is 0 Å². The van der Waals surface area contributed by atoms with Crippen LogP contribution < -0.4 is 5.73 Å². The van der Waals surface area contributed by atoms with Gasteiger partial charge in [0.15, 0.2) is 0 Å². The van der Waals surface area contributed by atoms with Crippen LogP contribution in [-0.2, 0) is 0 Å². The van der Waals surface area contributed by atoms with Crippen LogP contribution in [0.4, 0.5) is 0 Å². The topological polar surface area (TPSA) is 27.6 Å². The first-order valence-electron chi connectivity index (χ1n) is 3.60. The summed E-state index contributed by atoms with van der Waals surface area (Å²) >= 11 is 0. The van der Waals surface area contributed by atoms with E-state index in [1.807, 2.05) is 0 Å². The first-order valence-corrected chi connectivity index (χ1v) is 3.60. The molecule has 0 amide bonds. The third-order valence-electron chi connectivity index (χ3n) is 1.72. The van der Waals surface area contributed by atoms with Crippen LogP contribution in [0, 0.1) is 6.92 Å². The van der Waals surface area contributed by atoms with E-state index in [9.17, 15) is 0 Å². The monoisotopic (exact) mass is 136 g/mol. The molecule has 0 bridgehead atoms. The zero-order valence-electron chi connectivity index (χ0n) is 6.59. The summed E-state index contributed by atoms with van der Waals surface area (Å²) in [5.74, 6) is 0. The van der Waals surface area contributed by atoms with E-state index >= 15 is 0 Å². The molecule has 0 aliphatic carbocycles. The summed E-state index contributed by atoms with van der Waals surface area (Å²) in [6.45, 7) is 4.24. The molecule has 1 heteroatoms. The van der Waals surface area contributed by atoms with Crippen LogP contribution in [0.15, 0.2) is 24.3 Å². The van der Waals surface area contributed by atoms with Gasteiger partial charge in [0.2, 0.25) is 0 Å². The lowest BCUT2D eigenvalue weighted by Crippen LogP contribution is -2.52. The molecule has 1 aromatic rings. The maximum Gasteiger partial charge on any atom is 0.107 e. The molecule has 10 heavy (non-hydrogen) atoms. The third kappa shape index (κ3) is 1.36. The third-order valence-corrected chi connectivity index (χ3v) is 1.72. The van der Waals surface area contributed by atoms with Crippen LogP contribution >= 0.6 is 0 Å². The van der Waals surface area contributed by atoms with E-state index in [0.717, 1.165) is 0 Å². The van der Waals surface area contributed by atoms with Crippen molar-refractivity contribution in [1.82, 2.24) is 0 Å². The van der Waals surface area contributed by atoms with Gasteiger partial charge in [-0.2, -0.15) is 0 Å². The van der Waals surface area contributed by atoms with Gasteiger partial charge in [-0.25, -0.2) is 0 Å². The molecule has 0 heterocycles. The van der Waals surface area contributed by atoms with E-state index < -0.39 is 0 Å². The summed E-state index contributed by atoms with van der Waals surface area (Å²) in [7, 11) is 0. The highest BCUT2D eigenvalue weighted by Gasteiger charge is 2.03. The number of aryl methyl sites for hydroxylation is 1. The van der Waals surface area contributed by atoms with Gasteiger partial charge in [0.05, 0.1) is 0 Å². The zero-order valence-corrected chi connectivity index (χ0v) is 6.59. The maximum absolute atomic E-state index is 3.97. The fourth-order valence-corrected chi connectivity index (χ4v) is 1.14. The molecule has 54 valence electrons. The van der Waals surface area contributed by atoms with Crippen LogP contribution in [0.25, 0.3) is 0 Å². The Morgan fingerprint density at radius 1 is 1.30 bits per heavy atom. The normalized spacial score (nSPS) is 13.1. The average Bonchev–Trinajstić information content (AvgIpc) is 1.88. The van der Waals surface area contributed by atoms with E-state index in [0.29, 0.717) is 6.04 Å². The van der Waals surface area contributed by atoms with Gasteiger partial charge in [-0.1, -0.05) is 24.3 Å². The minimum atomic E-state index is 0.404. The molecule has 3 N–H and O–H groups in total. The van der Waals surface area contributed by atoms with Gasteiger partial charge < -0.3 is 5.73 Å². The smallest absolute Gasteiger partial charge is 0.107 e. The van der Waals surface area contributed by atoms with E-state index in [1.165, 1.54) is 11.1 Å². The molecule has 1 aromatic carbocycles. The van der Waals surface area contributed by atoms with Gasteiger partial charge in [-0.15, -0.1) is 0 Å². The lowest BCUT2D eigenvalue weighted by atomic mass is 10.0. The van der Waals surface area contributed by atoms with Gasteiger partial charge in [-0.05, 0) is 19.4 Å². The molecule has 1 atom stereocenters. The SMILES string of the molecule is Cc1ccccc1C(C)[NH3+]. The minimum absolute atomic E-state index is 0.404. The molecule has 0 saturated heterocycles. The molecule has 0 aromatic heterocycles. The average molecular weight is 136 g/mol. The van der Waals surface area contributed by atoms with E-state index in [-0.39, 0.29) is 0 Å². The molecule has 0 aliphatic heterocycles. The first kappa shape index (κ1) is 7.29. The second-order valence-electron chi connectivity index (χ2n) is 2.76. The van der Waals surface area contributed by atoms with E-state index in [4.69, 9.17) is 0 Å². The van der Waals surface area contributed by atoms with Crippen molar-refractivity contribution in [1.29, 1.82) is 0 Å². The number of quaternary nitrogens is 1. The molecule has 0 saturated carbocycles. The van der Waals surface area contributed by atoms with Crippen LogP contribution in [0.1, 0.15) is 24.1 Å². The summed E-state index contributed by atoms with van der Waals surface area (Å²) in [5, 5.41) is 0. The predicted octanol–water partition coefficient (Wildman–Crippen LogP) is 1.30. The lowest BCUT2D eigenvalue weighted by molar-refractivity contribution is -0.420. The molecule has 0 fully saturated rings. The lowest BCUT2D eigenvalue weighted by Gasteiger charge is -2.04. The zero-order chi connectivity index (χ0) is 7.56. The van der Waals surface area contributed by atoms with Crippen molar-refractivity contribution in [3.05, 3.63) is 35.4 Å². The summed E-state index contributed by atoms with van der Waals surface area (Å²) in [6, 6.07) is 8.77. The Bertz CT molecular complexity index is 216. The largest absolute Gasteiger partial charge is 0.352 e. The Morgan fingerprint density at radius 2 is 1.90 bits per heavy atom. The Labute approximate surface area is 61.9 Å². The van der Waals surface area contributed by atoms with Crippen molar-refractivity contribution < 1.29 is 5.73 Å². The van der Waals surface area contributed by atoms with Crippen LogP contribution in [0.5, 0.6) is 0 Å². The summed E-state index contributed by atoms with van der Waals surface area (Å²) in [4.78, 5) is 0. The van der Waals surface area contributed by atoms with E-state index in [1.54, 1.807) is 0 Å². The van der Waals surface area contributed by atoms with Gasteiger partial charge in [-0.3, -0.25) is 0 Å². The standard InChI is InChI=1S/C9H13N/c1-7-5-3-4-6-9(7)8(2)10/h3-6,8H,10H2,1-2H3/p+1. The number of benzene rings is 1. The van der Waals surface area contributed by atoms with Crippen molar-refractivity contribution in [2.75, 3.05) is 0 Å². The van der Waals surface area contributed by atoms with Crippen molar-refractivity contribution in [2.45, 2.75) is 19.9 Å². The van der Waals surface area contributed by atoms with Gasteiger partial charge >= 0.3 is 0 Å². The Hall–Kier alpha value is -0.820. The van der Waals surface area contributed by atoms with Gasteiger partial charge in [0.25, 0.3) is 0 Å². The Kier molecular flexibility index (Phi) is 2.07. The van der Waals surface area contributed by atoms with Crippen molar-refractivity contribution in [2.24, 2.45) is 0 Å². The molecule has 0 aliphatic rings. The second kappa shape index (κ2) is 2.84. The summed E-state index contributed by atoms with van der Waals surface area (Å²) in [5.41, 5.74) is 6.66. The van der Waals surface area contributed by atoms with Crippen LogP contribution in [-0.4, -0.2) is 0 Å². The number of rotatable bonds is 1. The Balaban J connectivity index is 3.03. The highest BCUT2D eigenvalue weighted by Crippen LogP contribution is 2.11. The molecular formula is C9H14N+. The molecule has 1 unspecified atom stereocenters. The highest BCUT2D eigenvalue weighted by atomic mass is 14.6. The quantitative estimate of drug-likeness (QED) is 0.602. The number of hydrogen-bond acceptors (Lipinski definition) is 0. The van der Waals surface area contributed by atoms with E-state index in [2.05, 4.69) is 43.8 Å². The second-order valence-corrected chi connectivity index (χ2v) is 2.76. The van der Waals surface area contributed by atoms with Crippen molar-refractivity contribution >= 4 is 0 Å².